The van der Waals surface area contributed by atoms with Crippen LogP contribution in [-0.2, 0) is 14.8 Å². The van der Waals surface area contributed by atoms with Crippen molar-refractivity contribution in [1.82, 2.24) is 9.62 Å². The summed E-state index contributed by atoms with van der Waals surface area (Å²) < 4.78 is 43.2. The number of hydrogen-bond donors (Lipinski definition) is 1. The summed E-state index contributed by atoms with van der Waals surface area (Å²) in [6, 6.07) is 13.2. The highest BCUT2D eigenvalue weighted by molar-refractivity contribution is 7.89. The van der Waals surface area contributed by atoms with Gasteiger partial charge < -0.3 is 19.1 Å². The van der Waals surface area contributed by atoms with E-state index in [9.17, 15) is 13.2 Å². The maximum Gasteiger partial charge on any atom is 0.253 e. The molecule has 156 valence electrons. The molecule has 0 radical (unpaired) electrons. The molecule has 0 aromatic heterocycles. The molecule has 0 saturated carbocycles. The van der Waals surface area contributed by atoms with Gasteiger partial charge in [0.1, 0.15) is 6.61 Å². The van der Waals surface area contributed by atoms with Crippen LogP contribution in [0.15, 0.2) is 53.4 Å². The third-order valence-electron chi connectivity index (χ3n) is 4.40. The van der Waals surface area contributed by atoms with Crippen LogP contribution in [0.25, 0.3) is 0 Å². The Bertz CT molecular complexity index is 946. The molecule has 0 fully saturated rings. The van der Waals surface area contributed by atoms with E-state index in [1.165, 1.54) is 36.3 Å². The number of para-hydroxylation sites is 2. The number of nitrogens with one attached hydrogen (secondary N) is 1. The number of ether oxygens (including phenoxy) is 3. The summed E-state index contributed by atoms with van der Waals surface area (Å²) in [5, 5.41) is 0. The molecule has 1 aliphatic rings. The summed E-state index contributed by atoms with van der Waals surface area (Å²) >= 11 is 0. The zero-order valence-corrected chi connectivity index (χ0v) is 17.1. The second kappa shape index (κ2) is 9.25. The number of likely N-dealkylation sites (N-methyl/N-ethyl adjacent to an activating group) is 1. The van der Waals surface area contributed by atoms with Gasteiger partial charge in [-0.25, -0.2) is 13.1 Å². The average molecular weight is 420 g/mol. The summed E-state index contributed by atoms with van der Waals surface area (Å²) in [6.45, 7) is 1.14. The fourth-order valence-electron chi connectivity index (χ4n) is 2.90. The Morgan fingerprint density at radius 1 is 1.17 bits per heavy atom. The van der Waals surface area contributed by atoms with Crippen LogP contribution in [0.3, 0.4) is 0 Å². The molecule has 0 bridgehead atoms. The van der Waals surface area contributed by atoms with Crippen molar-refractivity contribution in [3.8, 4) is 11.5 Å². The quantitative estimate of drug-likeness (QED) is 0.651. The number of hydrogen-bond acceptors (Lipinski definition) is 6. The summed E-state index contributed by atoms with van der Waals surface area (Å²) in [7, 11) is -0.473. The van der Waals surface area contributed by atoms with Gasteiger partial charge in [-0.3, -0.25) is 4.79 Å². The molecule has 1 amide bonds. The topological polar surface area (TPSA) is 94.2 Å². The third kappa shape index (κ3) is 5.26. The van der Waals surface area contributed by atoms with Gasteiger partial charge in [0.05, 0.1) is 18.0 Å². The number of sulfonamides is 1. The summed E-state index contributed by atoms with van der Waals surface area (Å²) in [6.07, 6.45) is -0.288. The molecular weight excluding hydrogens is 396 g/mol. The van der Waals surface area contributed by atoms with Crippen LogP contribution in [-0.4, -0.2) is 65.8 Å². The maximum absolute atomic E-state index is 12.7. The van der Waals surface area contributed by atoms with Crippen LogP contribution in [0.1, 0.15) is 10.4 Å². The number of amides is 1. The summed E-state index contributed by atoms with van der Waals surface area (Å²) in [5.74, 6) is 1.11. The molecule has 0 aliphatic carbocycles. The minimum Gasteiger partial charge on any atom is -0.486 e. The SMILES string of the molecule is COCCNS(=O)(=O)c1ccc(C(=O)N(C)C[C@H]2COc3ccccc3O2)cc1. The zero-order chi connectivity index (χ0) is 20.9. The van der Waals surface area contributed by atoms with Gasteiger partial charge in [0.2, 0.25) is 10.0 Å². The number of nitrogens with zero attached hydrogens (tertiary/aromatic N) is 1. The van der Waals surface area contributed by atoms with E-state index in [0.29, 0.717) is 30.2 Å². The molecule has 29 heavy (non-hydrogen) atoms. The van der Waals surface area contributed by atoms with E-state index in [2.05, 4.69) is 4.72 Å². The van der Waals surface area contributed by atoms with Crippen molar-refractivity contribution >= 4 is 15.9 Å². The van der Waals surface area contributed by atoms with Crippen molar-refractivity contribution in [1.29, 1.82) is 0 Å². The number of carbonyl (C=O) groups is 1. The Balaban J connectivity index is 1.60. The molecule has 1 heterocycles. The molecule has 0 spiro atoms. The van der Waals surface area contributed by atoms with Crippen molar-refractivity contribution in [3.05, 3.63) is 54.1 Å². The molecule has 9 heteroatoms. The monoisotopic (exact) mass is 420 g/mol. The van der Waals surface area contributed by atoms with Gasteiger partial charge >= 0.3 is 0 Å². The molecule has 8 nitrogen and oxygen atoms in total. The summed E-state index contributed by atoms with van der Waals surface area (Å²) in [4.78, 5) is 14.3. The minimum absolute atomic E-state index is 0.0911. The smallest absolute Gasteiger partial charge is 0.253 e. The number of benzene rings is 2. The second-order valence-electron chi connectivity index (χ2n) is 6.60. The van der Waals surface area contributed by atoms with Crippen molar-refractivity contribution in [2.75, 3.05) is 40.5 Å². The van der Waals surface area contributed by atoms with Gasteiger partial charge in [-0.2, -0.15) is 0 Å². The van der Waals surface area contributed by atoms with E-state index < -0.39 is 10.0 Å². The average Bonchev–Trinajstić information content (AvgIpc) is 2.73. The van der Waals surface area contributed by atoms with Gasteiger partial charge in [0, 0.05) is 26.3 Å². The van der Waals surface area contributed by atoms with Gasteiger partial charge in [-0.15, -0.1) is 0 Å². The van der Waals surface area contributed by atoms with Crippen LogP contribution >= 0.6 is 0 Å². The Kier molecular flexibility index (Phi) is 6.73. The molecule has 1 N–H and O–H groups in total. The highest BCUT2D eigenvalue weighted by Crippen LogP contribution is 2.31. The first-order chi connectivity index (χ1) is 13.9. The predicted molar refractivity (Wildman–Crippen MR) is 107 cm³/mol. The Morgan fingerprint density at radius 3 is 2.55 bits per heavy atom. The first-order valence-corrected chi connectivity index (χ1v) is 10.6. The van der Waals surface area contributed by atoms with Crippen LogP contribution < -0.4 is 14.2 Å². The predicted octanol–water partition coefficient (Wildman–Crippen LogP) is 1.52. The van der Waals surface area contributed by atoms with Crippen molar-refractivity contribution in [2.24, 2.45) is 0 Å². The lowest BCUT2D eigenvalue weighted by Gasteiger charge is -2.29. The van der Waals surface area contributed by atoms with Gasteiger partial charge in [-0.05, 0) is 36.4 Å². The number of methoxy groups -OCH3 is 1. The lowest BCUT2D eigenvalue weighted by molar-refractivity contribution is 0.0521. The molecule has 1 aliphatic heterocycles. The van der Waals surface area contributed by atoms with Crippen LogP contribution in [0.2, 0.25) is 0 Å². The van der Waals surface area contributed by atoms with Crippen LogP contribution in [0, 0.1) is 0 Å². The first kappa shape index (κ1) is 21.1. The second-order valence-corrected chi connectivity index (χ2v) is 8.37. The molecule has 2 aromatic rings. The van der Waals surface area contributed by atoms with Gasteiger partial charge in [0.25, 0.3) is 5.91 Å². The molecular formula is C20H24N2O6S. The van der Waals surface area contributed by atoms with Crippen molar-refractivity contribution in [3.63, 3.8) is 0 Å². The molecule has 2 aromatic carbocycles. The number of rotatable bonds is 8. The van der Waals surface area contributed by atoms with E-state index >= 15 is 0 Å². The lowest BCUT2D eigenvalue weighted by atomic mass is 10.2. The summed E-state index contributed by atoms with van der Waals surface area (Å²) in [5.41, 5.74) is 0.389. The van der Waals surface area contributed by atoms with Gasteiger partial charge in [-0.1, -0.05) is 12.1 Å². The Hall–Kier alpha value is -2.62. The minimum atomic E-state index is -3.64. The largest absolute Gasteiger partial charge is 0.486 e. The van der Waals surface area contributed by atoms with Crippen LogP contribution in [0.4, 0.5) is 0 Å². The fourth-order valence-corrected chi connectivity index (χ4v) is 3.91. The highest BCUT2D eigenvalue weighted by atomic mass is 32.2. The normalized spacial score (nSPS) is 15.7. The molecule has 0 unspecified atom stereocenters. The van der Waals surface area contributed by atoms with E-state index in [4.69, 9.17) is 14.2 Å². The van der Waals surface area contributed by atoms with Crippen molar-refractivity contribution in [2.45, 2.75) is 11.0 Å². The molecule has 3 rings (SSSR count). The van der Waals surface area contributed by atoms with Gasteiger partial charge in [0.15, 0.2) is 17.6 Å². The highest BCUT2D eigenvalue weighted by Gasteiger charge is 2.24. The number of fused-ring (bicyclic) bond motifs is 1. The number of carbonyl (C=O) groups excluding carboxylic acids is 1. The van der Waals surface area contributed by atoms with E-state index in [1.54, 1.807) is 7.05 Å². The maximum atomic E-state index is 12.7. The van der Waals surface area contributed by atoms with E-state index in [1.807, 2.05) is 24.3 Å². The van der Waals surface area contributed by atoms with E-state index in [0.717, 1.165) is 0 Å². The first-order valence-electron chi connectivity index (χ1n) is 9.13. The zero-order valence-electron chi connectivity index (χ0n) is 16.3. The van der Waals surface area contributed by atoms with Crippen LogP contribution in [0.5, 0.6) is 11.5 Å². The Morgan fingerprint density at radius 2 is 1.86 bits per heavy atom. The standard InChI is InChI=1S/C20H24N2O6S/c1-22(13-16-14-27-18-5-3-4-6-19(18)28-16)20(23)15-7-9-17(10-8-15)29(24,25)21-11-12-26-2/h3-10,16,21H,11-14H2,1-2H3/t16-/m0/s1. The lowest BCUT2D eigenvalue weighted by Crippen LogP contribution is -2.41. The molecule has 1 atom stereocenters. The van der Waals surface area contributed by atoms with E-state index in [-0.39, 0.29) is 30.1 Å². The molecule has 0 saturated heterocycles. The Labute approximate surface area is 170 Å². The third-order valence-corrected chi connectivity index (χ3v) is 5.88. The van der Waals surface area contributed by atoms with Crippen molar-refractivity contribution < 1.29 is 27.4 Å². The fraction of sp³-hybridized carbons (Fsp3) is 0.350.